The summed E-state index contributed by atoms with van der Waals surface area (Å²) in [5, 5.41) is 6.92. The SMILES string of the molecule is C=C/C=C\C(C)C(N)=NC(CNCC1C2C=C(c3ccccc3C(N)=NCN/C=C/C=C\C)CCC21)C1=CCCC=C1. The zero-order valence-electron chi connectivity index (χ0n) is 25.3. The van der Waals surface area contributed by atoms with Crippen LogP contribution in [0.1, 0.15) is 50.7 Å². The van der Waals surface area contributed by atoms with Gasteiger partial charge in [-0.2, -0.15) is 0 Å². The molecular weight excluding hydrogens is 516 g/mol. The van der Waals surface area contributed by atoms with Gasteiger partial charge < -0.3 is 22.1 Å². The van der Waals surface area contributed by atoms with Crippen molar-refractivity contribution in [3.63, 3.8) is 0 Å². The van der Waals surface area contributed by atoms with Crippen molar-refractivity contribution in [1.82, 2.24) is 10.6 Å². The Kier molecular flexibility index (Phi) is 11.8. The predicted molar refractivity (Wildman–Crippen MR) is 180 cm³/mol. The Morgan fingerprint density at radius 3 is 2.81 bits per heavy atom. The molecule has 6 N–H and O–H groups in total. The molecule has 1 fully saturated rings. The van der Waals surface area contributed by atoms with Crippen LogP contribution in [-0.2, 0) is 0 Å². The zero-order valence-corrected chi connectivity index (χ0v) is 25.3. The number of nitrogens with one attached hydrogen (secondary N) is 2. The molecular formula is C36H48N6. The third-order valence-corrected chi connectivity index (χ3v) is 8.38. The van der Waals surface area contributed by atoms with Crippen molar-refractivity contribution in [2.45, 2.75) is 45.6 Å². The summed E-state index contributed by atoms with van der Waals surface area (Å²) < 4.78 is 0. The highest BCUT2D eigenvalue weighted by atomic mass is 15.0. The van der Waals surface area contributed by atoms with Crippen molar-refractivity contribution < 1.29 is 0 Å². The Morgan fingerprint density at radius 2 is 2.02 bits per heavy atom. The molecule has 4 rings (SSSR count). The number of fused-ring (bicyclic) bond motifs is 1. The molecule has 3 aliphatic rings. The van der Waals surface area contributed by atoms with E-state index in [-0.39, 0.29) is 12.0 Å². The van der Waals surface area contributed by atoms with Gasteiger partial charge in [0.1, 0.15) is 18.3 Å². The molecule has 1 saturated carbocycles. The zero-order chi connectivity index (χ0) is 29.7. The Labute approximate surface area is 252 Å². The van der Waals surface area contributed by atoms with Crippen LogP contribution in [0.4, 0.5) is 0 Å². The van der Waals surface area contributed by atoms with Crippen LogP contribution in [0, 0.1) is 23.7 Å². The van der Waals surface area contributed by atoms with Crippen LogP contribution >= 0.6 is 0 Å². The molecule has 5 unspecified atom stereocenters. The number of aliphatic imine (C=N–C) groups is 2. The van der Waals surface area contributed by atoms with Crippen molar-refractivity contribution in [3.05, 3.63) is 115 Å². The summed E-state index contributed by atoms with van der Waals surface area (Å²) in [5.41, 5.74) is 17.7. The fourth-order valence-electron chi connectivity index (χ4n) is 5.91. The minimum atomic E-state index is 0.0234. The molecule has 0 bridgehead atoms. The molecule has 1 aromatic rings. The van der Waals surface area contributed by atoms with Gasteiger partial charge in [0.25, 0.3) is 0 Å². The van der Waals surface area contributed by atoms with Gasteiger partial charge in [-0.3, -0.25) is 4.99 Å². The molecule has 222 valence electrons. The van der Waals surface area contributed by atoms with E-state index in [4.69, 9.17) is 16.5 Å². The Hall–Kier alpha value is -3.90. The van der Waals surface area contributed by atoms with Crippen molar-refractivity contribution in [2.24, 2.45) is 45.1 Å². The van der Waals surface area contributed by atoms with Crippen LogP contribution < -0.4 is 22.1 Å². The molecule has 6 nitrogen and oxygen atoms in total. The number of hydrogen-bond donors (Lipinski definition) is 4. The quantitative estimate of drug-likeness (QED) is 0.0903. The van der Waals surface area contributed by atoms with Gasteiger partial charge in [0.2, 0.25) is 0 Å². The van der Waals surface area contributed by atoms with Gasteiger partial charge >= 0.3 is 0 Å². The maximum atomic E-state index is 6.45. The van der Waals surface area contributed by atoms with Gasteiger partial charge in [0, 0.05) is 18.0 Å². The van der Waals surface area contributed by atoms with Crippen LogP contribution in [0.15, 0.2) is 113 Å². The lowest BCUT2D eigenvalue weighted by Gasteiger charge is -2.19. The summed E-state index contributed by atoms with van der Waals surface area (Å²) in [5.74, 6) is 3.32. The summed E-state index contributed by atoms with van der Waals surface area (Å²) in [6.45, 7) is 10.0. The summed E-state index contributed by atoms with van der Waals surface area (Å²) in [7, 11) is 0. The number of amidine groups is 2. The van der Waals surface area contributed by atoms with Crippen LogP contribution in [0.3, 0.4) is 0 Å². The van der Waals surface area contributed by atoms with Crippen molar-refractivity contribution in [1.29, 1.82) is 0 Å². The summed E-state index contributed by atoms with van der Waals surface area (Å²) >= 11 is 0. The standard InChI is InChI=1S/C36H48N6/c1-4-6-13-21-39-25-41-36(38)31-18-12-11-17-29(31)28-19-20-30-32(22-28)33(30)23-40-24-34(27-15-9-8-10-16-27)42-35(37)26(3)14-7-5-2/h4-7,9,11-18,21-22,26,30,32-34,39-40H,2,8,10,19-20,23-25H2,1,3H3,(H2,37,42)(H2,38,41)/b6-4-,14-7-,21-13+. The van der Waals surface area contributed by atoms with E-state index in [0.717, 1.165) is 43.8 Å². The predicted octanol–water partition coefficient (Wildman–Crippen LogP) is 6.04. The minimum absolute atomic E-state index is 0.0234. The first-order valence-corrected chi connectivity index (χ1v) is 15.3. The van der Waals surface area contributed by atoms with E-state index in [0.29, 0.717) is 30.2 Å². The molecule has 0 heterocycles. The number of benzene rings is 1. The molecule has 0 saturated heterocycles. The van der Waals surface area contributed by atoms with Gasteiger partial charge in [-0.1, -0.05) is 92.5 Å². The van der Waals surface area contributed by atoms with Crippen molar-refractivity contribution in [2.75, 3.05) is 19.8 Å². The normalized spacial score (nSPS) is 24.0. The maximum Gasteiger partial charge on any atom is 0.128 e. The second-order valence-electron chi connectivity index (χ2n) is 11.3. The van der Waals surface area contributed by atoms with Crippen molar-refractivity contribution >= 4 is 17.2 Å². The average molecular weight is 565 g/mol. The number of allylic oxidation sites excluding steroid dienone is 9. The first kappa shape index (κ1) is 31.0. The Balaban J connectivity index is 1.37. The third kappa shape index (κ3) is 8.56. The van der Waals surface area contributed by atoms with Gasteiger partial charge in [-0.25, -0.2) is 4.99 Å². The molecule has 0 amide bonds. The highest BCUT2D eigenvalue weighted by Crippen LogP contribution is 2.55. The highest BCUT2D eigenvalue weighted by molar-refractivity contribution is 6.02. The smallest absolute Gasteiger partial charge is 0.128 e. The van der Waals surface area contributed by atoms with E-state index < -0.39 is 0 Å². The maximum absolute atomic E-state index is 6.45. The van der Waals surface area contributed by atoms with Crippen LogP contribution in [0.25, 0.3) is 5.57 Å². The molecule has 0 aromatic heterocycles. The Morgan fingerprint density at radius 1 is 1.17 bits per heavy atom. The van der Waals surface area contributed by atoms with E-state index in [1.54, 1.807) is 6.08 Å². The lowest BCUT2D eigenvalue weighted by atomic mass is 9.90. The van der Waals surface area contributed by atoms with E-state index >= 15 is 0 Å². The molecule has 6 heteroatoms. The highest BCUT2D eigenvalue weighted by Gasteiger charge is 2.49. The second kappa shape index (κ2) is 15.9. The van der Waals surface area contributed by atoms with Gasteiger partial charge in [-0.05, 0) is 85.9 Å². The molecule has 3 aliphatic carbocycles. The van der Waals surface area contributed by atoms with Crippen molar-refractivity contribution in [3.8, 4) is 0 Å². The number of nitrogens with zero attached hydrogens (tertiary/aromatic N) is 2. The molecule has 42 heavy (non-hydrogen) atoms. The van der Waals surface area contributed by atoms with E-state index in [9.17, 15) is 0 Å². The van der Waals surface area contributed by atoms with Gasteiger partial charge in [-0.15, -0.1) is 0 Å². The Bertz CT molecular complexity index is 1310. The largest absolute Gasteiger partial charge is 0.387 e. The summed E-state index contributed by atoms with van der Waals surface area (Å²) in [4.78, 5) is 9.53. The first-order chi connectivity index (χ1) is 20.5. The third-order valence-electron chi connectivity index (χ3n) is 8.38. The van der Waals surface area contributed by atoms with Gasteiger partial charge in [0.05, 0.1) is 6.04 Å². The molecule has 0 spiro atoms. The first-order valence-electron chi connectivity index (χ1n) is 15.3. The monoisotopic (exact) mass is 564 g/mol. The lowest BCUT2D eigenvalue weighted by molar-refractivity contribution is 0.560. The van der Waals surface area contributed by atoms with E-state index in [2.05, 4.69) is 71.6 Å². The number of rotatable bonds is 15. The molecule has 0 radical (unpaired) electrons. The fraction of sp³-hybridized carbons (Fsp3) is 0.389. The lowest BCUT2D eigenvalue weighted by Crippen LogP contribution is -2.32. The molecule has 1 aromatic carbocycles. The van der Waals surface area contributed by atoms with E-state index in [1.807, 2.05) is 49.6 Å². The average Bonchev–Trinajstić information content (AvgIpc) is 3.72. The second-order valence-corrected chi connectivity index (χ2v) is 11.3. The summed E-state index contributed by atoms with van der Waals surface area (Å²) in [6.07, 6.45) is 27.2. The van der Waals surface area contributed by atoms with E-state index in [1.165, 1.54) is 23.1 Å². The van der Waals surface area contributed by atoms with Gasteiger partial charge in [0.15, 0.2) is 0 Å². The number of nitrogens with two attached hydrogens (primary N) is 2. The summed E-state index contributed by atoms with van der Waals surface area (Å²) in [6, 6.07) is 8.42. The van der Waals surface area contributed by atoms with Crippen LogP contribution in [0.5, 0.6) is 0 Å². The van der Waals surface area contributed by atoms with Crippen LogP contribution in [0.2, 0.25) is 0 Å². The molecule has 0 aliphatic heterocycles. The molecule has 5 atom stereocenters. The fourth-order valence-corrected chi connectivity index (χ4v) is 5.91. The number of hydrogen-bond acceptors (Lipinski definition) is 4. The van der Waals surface area contributed by atoms with Crippen LogP contribution in [-0.4, -0.2) is 37.5 Å². The topological polar surface area (TPSA) is 101 Å². The minimum Gasteiger partial charge on any atom is -0.387 e.